The Hall–Kier alpha value is -1.42. The quantitative estimate of drug-likeness (QED) is 0.455. The lowest BCUT2D eigenvalue weighted by Gasteiger charge is -2.34. The van der Waals surface area contributed by atoms with Crippen LogP contribution in [0.3, 0.4) is 0 Å². The van der Waals surface area contributed by atoms with Gasteiger partial charge in [0.2, 0.25) is 10.0 Å². The van der Waals surface area contributed by atoms with E-state index in [1.807, 2.05) is 5.38 Å². The molecule has 2 aromatic carbocycles. The van der Waals surface area contributed by atoms with E-state index in [4.69, 9.17) is 34.8 Å². The molecule has 1 aliphatic rings. The van der Waals surface area contributed by atoms with Gasteiger partial charge in [-0.05, 0) is 35.9 Å². The van der Waals surface area contributed by atoms with Crippen molar-refractivity contribution >= 4 is 61.3 Å². The van der Waals surface area contributed by atoms with Crippen molar-refractivity contribution in [3.8, 4) is 0 Å². The third kappa shape index (κ3) is 4.99. The van der Waals surface area contributed by atoms with Gasteiger partial charge in [-0.3, -0.25) is 0 Å². The highest BCUT2D eigenvalue weighted by Gasteiger charge is 2.31. The Balaban J connectivity index is 1.42. The molecule has 0 radical (unpaired) electrons. The lowest BCUT2D eigenvalue weighted by Crippen LogP contribution is -2.48. The molecule has 5 nitrogen and oxygen atoms in total. The van der Waals surface area contributed by atoms with Crippen molar-refractivity contribution < 1.29 is 12.8 Å². The normalized spacial score (nSPS) is 15.4. The highest BCUT2D eigenvalue weighted by molar-refractivity contribution is 7.89. The molecule has 0 atom stereocenters. The topological polar surface area (TPSA) is 53.5 Å². The van der Waals surface area contributed by atoms with E-state index in [1.165, 1.54) is 33.8 Å². The molecule has 1 saturated heterocycles. The summed E-state index contributed by atoms with van der Waals surface area (Å²) in [7, 11) is -3.73. The minimum absolute atomic E-state index is 0.0182. The van der Waals surface area contributed by atoms with Crippen LogP contribution in [0, 0.1) is 5.82 Å². The zero-order valence-electron chi connectivity index (χ0n) is 16.1. The Morgan fingerprint density at radius 3 is 2.45 bits per heavy atom. The van der Waals surface area contributed by atoms with E-state index in [0.717, 1.165) is 16.4 Å². The number of benzene rings is 2. The van der Waals surface area contributed by atoms with Gasteiger partial charge in [0, 0.05) is 43.0 Å². The zero-order chi connectivity index (χ0) is 22.2. The maximum atomic E-state index is 13.3. The van der Waals surface area contributed by atoms with E-state index in [0.29, 0.717) is 37.6 Å². The van der Waals surface area contributed by atoms with Crippen molar-refractivity contribution in [1.82, 2.24) is 9.29 Å². The summed E-state index contributed by atoms with van der Waals surface area (Å²) in [5.41, 5.74) is 1.72. The Kier molecular flexibility index (Phi) is 6.76. The Morgan fingerprint density at radius 2 is 1.74 bits per heavy atom. The van der Waals surface area contributed by atoms with Gasteiger partial charge in [0.1, 0.15) is 10.7 Å². The number of halogens is 4. The summed E-state index contributed by atoms with van der Waals surface area (Å²) in [5.74, 6) is -0.448. The average molecular weight is 521 g/mol. The molecule has 0 bridgehead atoms. The van der Waals surface area contributed by atoms with Crippen LogP contribution >= 0.6 is 46.1 Å². The number of thiazole rings is 1. The highest BCUT2D eigenvalue weighted by atomic mass is 35.5. The third-order valence-electron chi connectivity index (χ3n) is 4.93. The number of nitrogens with zero attached hydrogens (tertiary/aromatic N) is 3. The van der Waals surface area contributed by atoms with E-state index in [-0.39, 0.29) is 14.9 Å². The van der Waals surface area contributed by atoms with Gasteiger partial charge in [0.25, 0.3) is 0 Å². The number of aromatic nitrogens is 1. The minimum atomic E-state index is -3.73. The summed E-state index contributed by atoms with van der Waals surface area (Å²) >= 11 is 19.4. The second kappa shape index (κ2) is 9.21. The SMILES string of the molecule is O=S(=O)(c1cc(Cl)ccc1Cl)N1CCN(c2nc(Cc3ccc(F)c(Cl)c3)cs2)CC1. The van der Waals surface area contributed by atoms with Gasteiger partial charge in [-0.15, -0.1) is 11.3 Å². The zero-order valence-corrected chi connectivity index (χ0v) is 20.0. The standard InChI is InChI=1S/C20H17Cl3FN3O2S2/c21-14-2-3-16(22)19(11-14)31(28,29)27-7-5-26(6-8-27)20-25-15(12-30-20)9-13-1-4-18(24)17(23)10-13/h1-4,10-12H,5-9H2. The van der Waals surface area contributed by atoms with Gasteiger partial charge in [-0.2, -0.15) is 4.31 Å². The molecule has 2 heterocycles. The average Bonchev–Trinajstić information content (AvgIpc) is 3.21. The number of hydrogen-bond donors (Lipinski definition) is 0. The van der Waals surface area contributed by atoms with Crippen molar-refractivity contribution in [2.45, 2.75) is 11.3 Å². The summed E-state index contributed by atoms with van der Waals surface area (Å²) in [6.45, 7) is 1.64. The van der Waals surface area contributed by atoms with Gasteiger partial charge in [-0.25, -0.2) is 17.8 Å². The smallest absolute Gasteiger partial charge is 0.244 e. The van der Waals surface area contributed by atoms with Gasteiger partial charge in [0.15, 0.2) is 5.13 Å². The molecular weight excluding hydrogens is 504 g/mol. The lowest BCUT2D eigenvalue weighted by molar-refractivity contribution is 0.384. The molecule has 11 heteroatoms. The van der Waals surface area contributed by atoms with Crippen LogP contribution in [-0.2, 0) is 16.4 Å². The number of piperazine rings is 1. The van der Waals surface area contributed by atoms with Crippen molar-refractivity contribution in [3.05, 3.63) is 73.9 Å². The van der Waals surface area contributed by atoms with Crippen LogP contribution in [0.25, 0.3) is 0 Å². The van der Waals surface area contributed by atoms with Crippen molar-refractivity contribution in [2.24, 2.45) is 0 Å². The van der Waals surface area contributed by atoms with Gasteiger partial charge >= 0.3 is 0 Å². The van der Waals surface area contributed by atoms with E-state index < -0.39 is 15.8 Å². The maximum absolute atomic E-state index is 13.3. The first-order valence-electron chi connectivity index (χ1n) is 9.32. The summed E-state index contributed by atoms with van der Waals surface area (Å²) < 4.78 is 40.7. The number of anilines is 1. The largest absolute Gasteiger partial charge is 0.345 e. The number of rotatable bonds is 5. The first kappa shape index (κ1) is 22.8. The van der Waals surface area contributed by atoms with Gasteiger partial charge in [-0.1, -0.05) is 40.9 Å². The second-order valence-corrected chi connectivity index (χ2v) is 11.0. The third-order valence-corrected chi connectivity index (χ3v) is 8.78. The number of sulfonamides is 1. The van der Waals surface area contributed by atoms with Crippen molar-refractivity contribution in [3.63, 3.8) is 0 Å². The molecular formula is C20H17Cl3FN3O2S2. The predicted molar refractivity (Wildman–Crippen MR) is 124 cm³/mol. The molecule has 31 heavy (non-hydrogen) atoms. The Labute approximate surface area is 199 Å². The second-order valence-electron chi connectivity index (χ2n) is 7.01. The molecule has 0 unspecified atom stereocenters. The van der Waals surface area contributed by atoms with Crippen LogP contribution in [0.5, 0.6) is 0 Å². The summed E-state index contributed by atoms with van der Waals surface area (Å²) in [4.78, 5) is 6.72. The summed E-state index contributed by atoms with van der Waals surface area (Å²) in [6, 6.07) is 9.04. The lowest BCUT2D eigenvalue weighted by atomic mass is 10.1. The summed E-state index contributed by atoms with van der Waals surface area (Å²) in [6.07, 6.45) is 0.540. The van der Waals surface area contributed by atoms with Gasteiger partial charge < -0.3 is 4.90 Å². The molecule has 0 saturated carbocycles. The molecule has 1 aromatic heterocycles. The molecule has 3 aromatic rings. The monoisotopic (exact) mass is 519 g/mol. The van der Waals surface area contributed by atoms with Crippen LogP contribution in [0.2, 0.25) is 15.1 Å². The fourth-order valence-corrected chi connectivity index (χ4v) is 6.56. The minimum Gasteiger partial charge on any atom is -0.345 e. The van der Waals surface area contributed by atoms with Crippen molar-refractivity contribution in [1.29, 1.82) is 0 Å². The maximum Gasteiger partial charge on any atom is 0.244 e. The van der Waals surface area contributed by atoms with E-state index >= 15 is 0 Å². The number of hydrogen-bond acceptors (Lipinski definition) is 5. The summed E-state index contributed by atoms with van der Waals surface area (Å²) in [5, 5.41) is 3.32. The van der Waals surface area contributed by atoms with Gasteiger partial charge in [0.05, 0.1) is 15.7 Å². The van der Waals surface area contributed by atoms with Crippen LogP contribution in [0.1, 0.15) is 11.3 Å². The van der Waals surface area contributed by atoms with E-state index in [1.54, 1.807) is 18.2 Å². The van der Waals surface area contributed by atoms with Crippen LogP contribution < -0.4 is 4.90 Å². The fraction of sp³-hybridized carbons (Fsp3) is 0.250. The molecule has 4 rings (SSSR count). The first-order valence-corrected chi connectivity index (χ1v) is 12.8. The fourth-order valence-electron chi connectivity index (χ4n) is 3.32. The van der Waals surface area contributed by atoms with Crippen LogP contribution in [-0.4, -0.2) is 43.9 Å². The molecule has 0 spiro atoms. The molecule has 0 aliphatic carbocycles. The Bertz CT molecular complexity index is 1210. The molecule has 0 amide bonds. The van der Waals surface area contributed by atoms with Crippen molar-refractivity contribution in [2.75, 3.05) is 31.1 Å². The predicted octanol–water partition coefficient (Wildman–Crippen LogP) is 5.34. The molecule has 1 fully saturated rings. The van der Waals surface area contributed by atoms with E-state index in [9.17, 15) is 12.8 Å². The van der Waals surface area contributed by atoms with E-state index in [2.05, 4.69) is 9.88 Å². The first-order chi connectivity index (χ1) is 14.7. The Morgan fingerprint density at radius 1 is 1.00 bits per heavy atom. The molecule has 1 aliphatic heterocycles. The molecule has 164 valence electrons. The highest BCUT2D eigenvalue weighted by Crippen LogP contribution is 2.30. The van der Waals surface area contributed by atoms with Crippen LogP contribution in [0.15, 0.2) is 46.7 Å². The molecule has 0 N–H and O–H groups in total. The van der Waals surface area contributed by atoms with Crippen LogP contribution in [0.4, 0.5) is 9.52 Å².